The molecule has 2 aromatic rings. The van der Waals surface area contributed by atoms with E-state index in [0.29, 0.717) is 5.15 Å². The Balaban J connectivity index is 2.18. The molecule has 17 heavy (non-hydrogen) atoms. The van der Waals surface area contributed by atoms with Crippen LogP contribution in [0.5, 0.6) is 0 Å². The summed E-state index contributed by atoms with van der Waals surface area (Å²) in [6.45, 7) is 2.09. The maximum absolute atomic E-state index is 6.03. The first-order chi connectivity index (χ1) is 8.16. The highest BCUT2D eigenvalue weighted by molar-refractivity contribution is 9.10. The highest BCUT2D eigenvalue weighted by atomic mass is 79.9. The fraction of sp³-hybridized carbons (Fsp3) is 0.154. The fourth-order valence-electron chi connectivity index (χ4n) is 1.58. The number of benzene rings is 1. The summed E-state index contributed by atoms with van der Waals surface area (Å²) in [7, 11) is 0. The van der Waals surface area contributed by atoms with E-state index in [-0.39, 0.29) is 6.04 Å². The molecule has 2 nitrogen and oxygen atoms in total. The van der Waals surface area contributed by atoms with Gasteiger partial charge in [0.2, 0.25) is 0 Å². The number of pyridine rings is 1. The molecule has 1 unspecified atom stereocenters. The lowest BCUT2D eigenvalue weighted by Gasteiger charge is -2.16. The normalized spacial score (nSPS) is 12.2. The SMILES string of the molecule is CC(Nc1cc(Br)cnc1Cl)c1ccccc1. The highest BCUT2D eigenvalue weighted by Crippen LogP contribution is 2.26. The first kappa shape index (κ1) is 12.4. The number of nitrogens with zero attached hydrogens (tertiary/aromatic N) is 1. The summed E-state index contributed by atoms with van der Waals surface area (Å²) in [5.74, 6) is 0. The molecule has 0 aliphatic carbocycles. The molecule has 0 bridgehead atoms. The van der Waals surface area contributed by atoms with E-state index in [1.807, 2.05) is 24.3 Å². The molecule has 0 aliphatic rings. The second-order valence-electron chi connectivity index (χ2n) is 3.77. The van der Waals surface area contributed by atoms with Gasteiger partial charge < -0.3 is 5.32 Å². The van der Waals surface area contributed by atoms with Gasteiger partial charge in [-0.15, -0.1) is 0 Å². The zero-order valence-corrected chi connectivity index (χ0v) is 11.7. The Kier molecular flexibility index (Phi) is 4.02. The molecule has 1 N–H and O–H groups in total. The van der Waals surface area contributed by atoms with Crippen LogP contribution in [0.25, 0.3) is 0 Å². The Bertz CT molecular complexity index is 502. The smallest absolute Gasteiger partial charge is 0.152 e. The molecule has 0 spiro atoms. The minimum Gasteiger partial charge on any atom is -0.376 e. The molecule has 88 valence electrons. The topological polar surface area (TPSA) is 24.9 Å². The maximum Gasteiger partial charge on any atom is 0.152 e. The molecule has 4 heteroatoms. The Morgan fingerprint density at radius 3 is 2.71 bits per heavy atom. The minimum absolute atomic E-state index is 0.185. The van der Waals surface area contributed by atoms with Crippen LogP contribution in [0.3, 0.4) is 0 Å². The Morgan fingerprint density at radius 2 is 2.00 bits per heavy atom. The third-order valence-corrected chi connectivity index (χ3v) is 3.21. The summed E-state index contributed by atoms with van der Waals surface area (Å²) in [4.78, 5) is 4.08. The van der Waals surface area contributed by atoms with E-state index in [1.54, 1.807) is 6.20 Å². The quantitative estimate of drug-likeness (QED) is 0.833. The summed E-state index contributed by atoms with van der Waals surface area (Å²) >= 11 is 9.41. The molecule has 0 fully saturated rings. The van der Waals surface area contributed by atoms with E-state index in [0.717, 1.165) is 10.2 Å². The van der Waals surface area contributed by atoms with Gasteiger partial charge in [0.1, 0.15) is 0 Å². The van der Waals surface area contributed by atoms with Crippen molar-refractivity contribution in [1.82, 2.24) is 4.98 Å². The van der Waals surface area contributed by atoms with E-state index in [2.05, 4.69) is 45.3 Å². The average molecular weight is 312 g/mol. The molecule has 0 amide bonds. The molecule has 1 aromatic heterocycles. The zero-order chi connectivity index (χ0) is 12.3. The molecule has 2 rings (SSSR count). The zero-order valence-electron chi connectivity index (χ0n) is 9.32. The molecule has 0 radical (unpaired) electrons. The highest BCUT2D eigenvalue weighted by Gasteiger charge is 2.08. The van der Waals surface area contributed by atoms with E-state index in [1.165, 1.54) is 5.56 Å². The first-order valence-corrected chi connectivity index (χ1v) is 6.46. The predicted molar refractivity (Wildman–Crippen MR) is 75.4 cm³/mol. The van der Waals surface area contributed by atoms with Gasteiger partial charge in [-0.3, -0.25) is 0 Å². The van der Waals surface area contributed by atoms with Crippen molar-refractivity contribution in [2.24, 2.45) is 0 Å². The van der Waals surface area contributed by atoms with Crippen LogP contribution in [-0.2, 0) is 0 Å². The minimum atomic E-state index is 0.185. The largest absolute Gasteiger partial charge is 0.376 e. The Labute approximate surface area is 114 Å². The van der Waals surface area contributed by atoms with Crippen LogP contribution in [0.4, 0.5) is 5.69 Å². The number of rotatable bonds is 3. The van der Waals surface area contributed by atoms with Crippen LogP contribution in [0.2, 0.25) is 5.15 Å². The van der Waals surface area contributed by atoms with Gasteiger partial charge in [0, 0.05) is 16.7 Å². The Morgan fingerprint density at radius 1 is 1.29 bits per heavy atom. The van der Waals surface area contributed by atoms with Crippen LogP contribution in [0, 0.1) is 0 Å². The van der Waals surface area contributed by atoms with E-state index in [9.17, 15) is 0 Å². The van der Waals surface area contributed by atoms with E-state index in [4.69, 9.17) is 11.6 Å². The summed E-state index contributed by atoms with van der Waals surface area (Å²) in [6, 6.07) is 12.3. The van der Waals surface area contributed by atoms with Crippen LogP contribution in [0.15, 0.2) is 47.1 Å². The average Bonchev–Trinajstić information content (AvgIpc) is 2.35. The van der Waals surface area contributed by atoms with Crippen LogP contribution < -0.4 is 5.32 Å². The monoisotopic (exact) mass is 310 g/mol. The van der Waals surface area contributed by atoms with Gasteiger partial charge >= 0.3 is 0 Å². The van der Waals surface area contributed by atoms with Crippen LogP contribution in [-0.4, -0.2) is 4.98 Å². The third kappa shape index (κ3) is 3.20. The molecule has 1 aromatic carbocycles. The van der Waals surface area contributed by atoms with Gasteiger partial charge in [0.15, 0.2) is 5.15 Å². The van der Waals surface area contributed by atoms with Crippen molar-refractivity contribution in [2.45, 2.75) is 13.0 Å². The summed E-state index contributed by atoms with van der Waals surface area (Å²) in [5, 5.41) is 3.83. The van der Waals surface area contributed by atoms with Crippen molar-refractivity contribution in [2.75, 3.05) is 5.32 Å². The third-order valence-electron chi connectivity index (χ3n) is 2.48. The number of hydrogen-bond acceptors (Lipinski definition) is 2. The molecular weight excluding hydrogens is 300 g/mol. The second-order valence-corrected chi connectivity index (χ2v) is 5.04. The van der Waals surface area contributed by atoms with Crippen molar-refractivity contribution in [3.05, 3.63) is 57.8 Å². The van der Waals surface area contributed by atoms with Crippen molar-refractivity contribution in [3.63, 3.8) is 0 Å². The lowest BCUT2D eigenvalue weighted by atomic mass is 10.1. The number of halogens is 2. The lowest BCUT2D eigenvalue weighted by Crippen LogP contribution is -2.07. The first-order valence-electron chi connectivity index (χ1n) is 5.29. The van der Waals surface area contributed by atoms with Crippen molar-refractivity contribution in [1.29, 1.82) is 0 Å². The maximum atomic E-state index is 6.03. The van der Waals surface area contributed by atoms with Crippen molar-refractivity contribution >= 4 is 33.2 Å². The number of hydrogen-bond donors (Lipinski definition) is 1. The summed E-state index contributed by atoms with van der Waals surface area (Å²) < 4.78 is 0.907. The van der Waals surface area contributed by atoms with Crippen LogP contribution in [0.1, 0.15) is 18.5 Å². The van der Waals surface area contributed by atoms with Gasteiger partial charge in [-0.1, -0.05) is 41.9 Å². The summed E-state index contributed by atoms with van der Waals surface area (Å²) in [6.07, 6.45) is 1.68. The van der Waals surface area contributed by atoms with Gasteiger partial charge in [-0.25, -0.2) is 4.98 Å². The van der Waals surface area contributed by atoms with E-state index < -0.39 is 0 Å². The molecule has 0 saturated heterocycles. The lowest BCUT2D eigenvalue weighted by molar-refractivity contribution is 0.883. The Hall–Kier alpha value is -1.06. The second kappa shape index (κ2) is 5.52. The molecule has 0 saturated carbocycles. The molecular formula is C13H12BrClN2. The molecule has 1 atom stereocenters. The predicted octanol–water partition coefficient (Wildman–Crippen LogP) is 4.67. The number of anilines is 1. The van der Waals surface area contributed by atoms with Crippen LogP contribution >= 0.6 is 27.5 Å². The van der Waals surface area contributed by atoms with Crippen molar-refractivity contribution < 1.29 is 0 Å². The van der Waals surface area contributed by atoms with Gasteiger partial charge in [-0.05, 0) is 34.5 Å². The van der Waals surface area contributed by atoms with Gasteiger partial charge in [0.25, 0.3) is 0 Å². The van der Waals surface area contributed by atoms with E-state index >= 15 is 0 Å². The van der Waals surface area contributed by atoms with Gasteiger partial charge in [0.05, 0.1) is 5.69 Å². The summed E-state index contributed by atoms with van der Waals surface area (Å²) in [5.41, 5.74) is 2.04. The fourth-order valence-corrected chi connectivity index (χ4v) is 2.07. The number of nitrogens with one attached hydrogen (secondary N) is 1. The van der Waals surface area contributed by atoms with Crippen molar-refractivity contribution in [3.8, 4) is 0 Å². The van der Waals surface area contributed by atoms with Gasteiger partial charge in [-0.2, -0.15) is 0 Å². The molecule has 0 aliphatic heterocycles. The standard InChI is InChI=1S/C13H12BrClN2/c1-9(10-5-3-2-4-6-10)17-12-7-11(14)8-16-13(12)15/h2-9,17H,1H3. The molecule has 1 heterocycles. The number of aromatic nitrogens is 1.